The van der Waals surface area contributed by atoms with Crippen LogP contribution in [0.25, 0.3) is 0 Å². The fraction of sp³-hybridized carbons (Fsp3) is 0.235. The van der Waals surface area contributed by atoms with E-state index < -0.39 is 22.0 Å². The van der Waals surface area contributed by atoms with E-state index in [-0.39, 0.29) is 15.7 Å². The smallest absolute Gasteiger partial charge is 0.248 e. The van der Waals surface area contributed by atoms with Gasteiger partial charge in [-0.25, -0.2) is 8.42 Å². The Kier molecular flexibility index (Phi) is 6.45. The minimum absolute atomic E-state index is 0.204. The van der Waals surface area contributed by atoms with E-state index >= 15 is 0 Å². The number of aryl methyl sites for hydroxylation is 1. The van der Waals surface area contributed by atoms with E-state index in [0.29, 0.717) is 10.7 Å². The number of hydrogen-bond donors (Lipinski definition) is 1. The van der Waals surface area contributed by atoms with Crippen molar-refractivity contribution in [3.8, 4) is 0 Å². The average Bonchev–Trinajstić information content (AvgIpc) is 2.48. The Morgan fingerprint density at radius 1 is 1.04 bits per heavy atom. The van der Waals surface area contributed by atoms with Crippen molar-refractivity contribution in [2.24, 2.45) is 0 Å². The number of benzene rings is 2. The highest BCUT2D eigenvalue weighted by atomic mass is 35.5. The van der Waals surface area contributed by atoms with E-state index in [1.54, 1.807) is 18.2 Å². The molecule has 2 aromatic carbocycles. The number of carbonyl (C=O) groups excluding carboxylic acids is 1. The predicted octanol–water partition coefficient (Wildman–Crippen LogP) is 4.75. The first-order chi connectivity index (χ1) is 12.0. The number of carbonyl (C=O) groups is 1. The SMILES string of the molecule is Cc1ccc(Cl)cc1NC(=O)C(C)N(c1cc(Cl)cc(Cl)c1)S(C)(=O)=O. The highest BCUT2D eigenvalue weighted by Crippen LogP contribution is 2.29. The van der Waals surface area contributed by atoms with Gasteiger partial charge in [-0.05, 0) is 49.7 Å². The predicted molar refractivity (Wildman–Crippen MR) is 108 cm³/mol. The van der Waals surface area contributed by atoms with Gasteiger partial charge in [0.2, 0.25) is 15.9 Å². The summed E-state index contributed by atoms with van der Waals surface area (Å²) in [4.78, 5) is 12.7. The number of nitrogens with one attached hydrogen (secondary N) is 1. The summed E-state index contributed by atoms with van der Waals surface area (Å²) in [5.41, 5.74) is 1.51. The van der Waals surface area contributed by atoms with Crippen molar-refractivity contribution >= 4 is 62.1 Å². The van der Waals surface area contributed by atoms with Crippen LogP contribution in [0.1, 0.15) is 12.5 Å². The van der Waals surface area contributed by atoms with Crippen LogP contribution in [0, 0.1) is 6.92 Å². The first-order valence-electron chi connectivity index (χ1n) is 7.51. The standard InChI is InChI=1S/C17H17Cl3N2O3S/c1-10-4-5-12(18)9-16(10)21-17(23)11(2)22(26(3,24)25)15-7-13(19)6-14(20)8-15/h4-9,11H,1-3H3,(H,21,23). The molecule has 0 saturated carbocycles. The van der Waals surface area contributed by atoms with Gasteiger partial charge in [-0.3, -0.25) is 9.10 Å². The molecule has 0 bridgehead atoms. The maximum absolute atomic E-state index is 12.7. The topological polar surface area (TPSA) is 66.5 Å². The number of hydrogen-bond acceptors (Lipinski definition) is 3. The summed E-state index contributed by atoms with van der Waals surface area (Å²) in [6.45, 7) is 3.28. The van der Waals surface area contributed by atoms with Crippen molar-refractivity contribution in [3.63, 3.8) is 0 Å². The lowest BCUT2D eigenvalue weighted by molar-refractivity contribution is -0.116. The fourth-order valence-corrected chi connectivity index (χ4v) is 4.29. The lowest BCUT2D eigenvalue weighted by Crippen LogP contribution is -2.45. The number of sulfonamides is 1. The second-order valence-corrected chi connectivity index (χ2v) is 8.98. The molecule has 0 radical (unpaired) electrons. The Morgan fingerprint density at radius 2 is 1.62 bits per heavy atom. The van der Waals surface area contributed by atoms with Crippen LogP contribution in [-0.2, 0) is 14.8 Å². The largest absolute Gasteiger partial charge is 0.324 e. The molecule has 5 nitrogen and oxygen atoms in total. The molecule has 26 heavy (non-hydrogen) atoms. The van der Waals surface area contributed by atoms with Crippen molar-refractivity contribution in [3.05, 3.63) is 57.0 Å². The summed E-state index contributed by atoms with van der Waals surface area (Å²) in [6.07, 6.45) is 1.01. The Morgan fingerprint density at radius 3 is 2.15 bits per heavy atom. The Hall–Kier alpha value is -1.47. The zero-order valence-corrected chi connectivity index (χ0v) is 17.3. The molecular weight excluding hydrogens is 419 g/mol. The molecule has 0 aliphatic rings. The summed E-state index contributed by atoms with van der Waals surface area (Å²) in [5, 5.41) is 3.69. The van der Waals surface area contributed by atoms with E-state index in [4.69, 9.17) is 34.8 Å². The summed E-state index contributed by atoms with van der Waals surface area (Å²) < 4.78 is 25.6. The minimum atomic E-state index is -3.78. The molecular formula is C17H17Cl3N2O3S. The van der Waals surface area contributed by atoms with Crippen LogP contribution in [0.15, 0.2) is 36.4 Å². The maximum Gasteiger partial charge on any atom is 0.248 e. The summed E-state index contributed by atoms with van der Waals surface area (Å²) in [5.74, 6) is -0.517. The summed E-state index contributed by atoms with van der Waals surface area (Å²) in [6, 6.07) is 8.36. The van der Waals surface area contributed by atoms with E-state index in [9.17, 15) is 13.2 Å². The molecule has 1 amide bonds. The van der Waals surface area contributed by atoms with Gasteiger partial charge in [0, 0.05) is 20.8 Å². The molecule has 1 atom stereocenters. The molecule has 0 spiro atoms. The molecule has 0 fully saturated rings. The summed E-state index contributed by atoms with van der Waals surface area (Å²) >= 11 is 17.9. The summed E-state index contributed by atoms with van der Waals surface area (Å²) in [7, 11) is -3.78. The number of rotatable bonds is 5. The minimum Gasteiger partial charge on any atom is -0.324 e. The molecule has 0 heterocycles. The van der Waals surface area contributed by atoms with Crippen molar-refractivity contribution < 1.29 is 13.2 Å². The van der Waals surface area contributed by atoms with Gasteiger partial charge < -0.3 is 5.32 Å². The average molecular weight is 436 g/mol. The second-order valence-electron chi connectivity index (χ2n) is 5.81. The van der Waals surface area contributed by atoms with Crippen molar-refractivity contribution in [1.82, 2.24) is 0 Å². The van der Waals surface area contributed by atoms with Crippen molar-refractivity contribution in [1.29, 1.82) is 0 Å². The van der Waals surface area contributed by atoms with Crippen molar-refractivity contribution in [2.75, 3.05) is 15.9 Å². The molecule has 140 valence electrons. The van der Waals surface area contributed by atoms with Crippen LogP contribution >= 0.6 is 34.8 Å². The third-order valence-corrected chi connectivity index (χ3v) is 5.56. The molecule has 0 saturated heterocycles. The molecule has 2 rings (SSSR count). The number of amides is 1. The maximum atomic E-state index is 12.7. The van der Waals surface area contributed by atoms with Crippen molar-refractivity contribution in [2.45, 2.75) is 19.9 Å². The first kappa shape index (κ1) is 20.8. The van der Waals surface area contributed by atoms with E-state index in [2.05, 4.69) is 5.32 Å². The van der Waals surface area contributed by atoms with Crippen LogP contribution in [0.3, 0.4) is 0 Å². The zero-order chi connectivity index (χ0) is 19.6. The van der Waals surface area contributed by atoms with E-state index in [0.717, 1.165) is 16.1 Å². The van der Waals surface area contributed by atoms with Crippen LogP contribution in [0.2, 0.25) is 15.1 Å². The zero-order valence-electron chi connectivity index (χ0n) is 14.3. The van der Waals surface area contributed by atoms with Crippen LogP contribution in [0.4, 0.5) is 11.4 Å². The normalized spacial score (nSPS) is 12.5. The number of anilines is 2. The van der Waals surface area contributed by atoms with Gasteiger partial charge in [-0.2, -0.15) is 0 Å². The lowest BCUT2D eigenvalue weighted by Gasteiger charge is -2.28. The Bertz CT molecular complexity index is 928. The van der Waals surface area contributed by atoms with Crippen LogP contribution in [-0.4, -0.2) is 26.6 Å². The Labute approximate surface area is 167 Å². The molecule has 0 aliphatic carbocycles. The highest BCUT2D eigenvalue weighted by molar-refractivity contribution is 7.92. The van der Waals surface area contributed by atoms with Gasteiger partial charge in [0.15, 0.2) is 0 Å². The number of nitrogens with zero attached hydrogens (tertiary/aromatic N) is 1. The second kappa shape index (κ2) is 8.05. The quantitative estimate of drug-likeness (QED) is 0.737. The molecule has 0 aromatic heterocycles. The fourth-order valence-electron chi connectivity index (χ4n) is 2.44. The Balaban J connectivity index is 2.39. The van der Waals surface area contributed by atoms with Crippen LogP contribution in [0.5, 0.6) is 0 Å². The molecule has 1 unspecified atom stereocenters. The molecule has 0 aliphatic heterocycles. The van der Waals surface area contributed by atoms with Crippen LogP contribution < -0.4 is 9.62 Å². The first-order valence-corrected chi connectivity index (χ1v) is 10.5. The molecule has 2 aromatic rings. The van der Waals surface area contributed by atoms with E-state index in [1.807, 2.05) is 6.92 Å². The molecule has 9 heteroatoms. The lowest BCUT2D eigenvalue weighted by atomic mass is 10.2. The van der Waals surface area contributed by atoms with Gasteiger partial charge in [-0.15, -0.1) is 0 Å². The van der Waals surface area contributed by atoms with Gasteiger partial charge in [0.1, 0.15) is 6.04 Å². The van der Waals surface area contributed by atoms with E-state index in [1.165, 1.54) is 25.1 Å². The third kappa shape index (κ3) is 5.04. The third-order valence-electron chi connectivity index (χ3n) is 3.65. The number of halogens is 3. The monoisotopic (exact) mass is 434 g/mol. The van der Waals surface area contributed by atoms with Gasteiger partial charge in [-0.1, -0.05) is 40.9 Å². The van der Waals surface area contributed by atoms with Gasteiger partial charge in [0.05, 0.1) is 11.9 Å². The molecule has 1 N–H and O–H groups in total. The highest BCUT2D eigenvalue weighted by Gasteiger charge is 2.30. The van der Waals surface area contributed by atoms with Gasteiger partial charge >= 0.3 is 0 Å². The van der Waals surface area contributed by atoms with Gasteiger partial charge in [0.25, 0.3) is 0 Å².